The van der Waals surface area contributed by atoms with E-state index in [4.69, 9.17) is 9.72 Å². The van der Waals surface area contributed by atoms with E-state index in [1.165, 1.54) is 12.8 Å². The SMILES string of the molecule is CC1(C)OC(C)(C)c2[nH]c(CNC3CC3)nc21. The molecule has 17 heavy (non-hydrogen) atoms. The van der Waals surface area contributed by atoms with Crippen molar-refractivity contribution >= 4 is 0 Å². The number of H-pyrrole nitrogens is 1. The van der Waals surface area contributed by atoms with Crippen molar-refractivity contribution in [3.63, 3.8) is 0 Å². The second kappa shape index (κ2) is 3.33. The summed E-state index contributed by atoms with van der Waals surface area (Å²) in [6.07, 6.45) is 2.61. The van der Waals surface area contributed by atoms with Crippen LogP contribution in [0.3, 0.4) is 0 Å². The molecule has 1 saturated carbocycles. The molecule has 0 unspecified atom stereocenters. The Morgan fingerprint density at radius 3 is 2.59 bits per heavy atom. The summed E-state index contributed by atoms with van der Waals surface area (Å²) in [5, 5.41) is 3.48. The van der Waals surface area contributed by atoms with E-state index in [1.807, 2.05) is 0 Å². The molecule has 94 valence electrons. The van der Waals surface area contributed by atoms with E-state index in [1.54, 1.807) is 0 Å². The molecule has 1 aromatic rings. The molecule has 1 aromatic heterocycles. The Balaban J connectivity index is 1.86. The van der Waals surface area contributed by atoms with E-state index < -0.39 is 0 Å². The fourth-order valence-corrected chi connectivity index (χ4v) is 2.64. The lowest BCUT2D eigenvalue weighted by Crippen LogP contribution is -2.25. The zero-order valence-corrected chi connectivity index (χ0v) is 11.1. The van der Waals surface area contributed by atoms with Crippen LogP contribution in [0.2, 0.25) is 0 Å². The molecule has 4 heteroatoms. The van der Waals surface area contributed by atoms with Crippen LogP contribution in [0.5, 0.6) is 0 Å². The van der Waals surface area contributed by atoms with E-state index in [0.29, 0.717) is 6.04 Å². The Bertz CT molecular complexity index is 412. The molecule has 0 atom stereocenters. The summed E-state index contributed by atoms with van der Waals surface area (Å²) >= 11 is 0. The summed E-state index contributed by atoms with van der Waals surface area (Å²) < 4.78 is 6.03. The van der Waals surface area contributed by atoms with Crippen LogP contribution in [-0.4, -0.2) is 16.0 Å². The zero-order valence-electron chi connectivity index (χ0n) is 11.1. The Kier molecular flexibility index (Phi) is 2.20. The number of nitrogens with one attached hydrogen (secondary N) is 2. The van der Waals surface area contributed by atoms with Crippen molar-refractivity contribution in [1.82, 2.24) is 15.3 Å². The summed E-state index contributed by atoms with van der Waals surface area (Å²) in [6.45, 7) is 9.19. The van der Waals surface area contributed by atoms with Gasteiger partial charge in [0, 0.05) is 6.04 Å². The van der Waals surface area contributed by atoms with E-state index in [0.717, 1.165) is 23.8 Å². The fraction of sp³-hybridized carbons (Fsp3) is 0.769. The van der Waals surface area contributed by atoms with Gasteiger partial charge in [0.1, 0.15) is 17.0 Å². The van der Waals surface area contributed by atoms with Gasteiger partial charge in [-0.1, -0.05) is 0 Å². The van der Waals surface area contributed by atoms with Gasteiger partial charge in [-0.15, -0.1) is 0 Å². The third-order valence-corrected chi connectivity index (χ3v) is 3.57. The number of hydrogen-bond acceptors (Lipinski definition) is 3. The largest absolute Gasteiger partial charge is 0.357 e. The van der Waals surface area contributed by atoms with E-state index >= 15 is 0 Å². The minimum Gasteiger partial charge on any atom is -0.357 e. The van der Waals surface area contributed by atoms with Crippen LogP contribution < -0.4 is 5.32 Å². The Morgan fingerprint density at radius 1 is 1.29 bits per heavy atom. The highest BCUT2D eigenvalue weighted by molar-refractivity contribution is 5.30. The Morgan fingerprint density at radius 2 is 2.00 bits per heavy atom. The third kappa shape index (κ3) is 1.89. The van der Waals surface area contributed by atoms with Gasteiger partial charge in [-0.05, 0) is 40.5 Å². The predicted molar refractivity (Wildman–Crippen MR) is 65.6 cm³/mol. The van der Waals surface area contributed by atoms with Crippen molar-refractivity contribution in [2.24, 2.45) is 0 Å². The lowest BCUT2D eigenvalue weighted by Gasteiger charge is -2.24. The van der Waals surface area contributed by atoms with Crippen molar-refractivity contribution in [3.8, 4) is 0 Å². The minimum atomic E-state index is -0.285. The van der Waals surface area contributed by atoms with Crippen LogP contribution in [0, 0.1) is 0 Å². The number of nitrogens with zero attached hydrogens (tertiary/aromatic N) is 1. The number of fused-ring (bicyclic) bond motifs is 1. The second-order valence-electron chi connectivity index (χ2n) is 6.18. The highest BCUT2D eigenvalue weighted by Crippen LogP contribution is 2.45. The first-order valence-corrected chi connectivity index (χ1v) is 6.42. The fourth-order valence-electron chi connectivity index (χ4n) is 2.64. The van der Waals surface area contributed by atoms with Gasteiger partial charge < -0.3 is 15.0 Å². The summed E-state index contributed by atoms with van der Waals surface area (Å²) in [4.78, 5) is 8.12. The van der Waals surface area contributed by atoms with Gasteiger partial charge >= 0.3 is 0 Å². The standard InChI is InChI=1S/C13H21N3O/c1-12(2)10-11(13(3,4)17-12)16-9(15-10)7-14-8-5-6-8/h8,14H,5-7H2,1-4H3,(H,15,16). The first kappa shape index (κ1) is 11.2. The first-order chi connectivity index (χ1) is 7.88. The third-order valence-electron chi connectivity index (χ3n) is 3.57. The normalized spacial score (nSPS) is 24.9. The van der Waals surface area contributed by atoms with Crippen molar-refractivity contribution in [3.05, 3.63) is 17.2 Å². The maximum atomic E-state index is 6.03. The van der Waals surface area contributed by atoms with Gasteiger partial charge in [0.25, 0.3) is 0 Å². The van der Waals surface area contributed by atoms with Crippen LogP contribution in [0.1, 0.15) is 57.7 Å². The molecule has 3 rings (SSSR count). The van der Waals surface area contributed by atoms with Crippen molar-refractivity contribution in [2.45, 2.75) is 64.3 Å². The zero-order chi connectivity index (χ0) is 12.3. The Hall–Kier alpha value is -0.870. The minimum absolute atomic E-state index is 0.260. The molecular weight excluding hydrogens is 214 g/mol. The van der Waals surface area contributed by atoms with Crippen molar-refractivity contribution in [2.75, 3.05) is 0 Å². The molecule has 2 N–H and O–H groups in total. The van der Waals surface area contributed by atoms with E-state index in [-0.39, 0.29) is 11.2 Å². The number of imidazole rings is 1. The van der Waals surface area contributed by atoms with Crippen LogP contribution in [0.4, 0.5) is 0 Å². The molecular formula is C13H21N3O. The average Bonchev–Trinajstić information content (AvgIpc) is 2.86. The monoisotopic (exact) mass is 235 g/mol. The van der Waals surface area contributed by atoms with Crippen LogP contribution in [0.25, 0.3) is 0 Å². The maximum absolute atomic E-state index is 6.03. The van der Waals surface area contributed by atoms with Crippen molar-refractivity contribution < 1.29 is 4.74 Å². The summed E-state index contributed by atoms with van der Waals surface area (Å²) in [5.74, 6) is 1.03. The van der Waals surface area contributed by atoms with Gasteiger partial charge in [-0.3, -0.25) is 0 Å². The number of ether oxygens (including phenoxy) is 1. The highest BCUT2D eigenvalue weighted by atomic mass is 16.5. The number of hydrogen-bond donors (Lipinski definition) is 2. The molecule has 0 saturated heterocycles. The molecule has 0 bridgehead atoms. The first-order valence-electron chi connectivity index (χ1n) is 6.42. The van der Waals surface area contributed by atoms with Gasteiger partial charge in [0.2, 0.25) is 0 Å². The molecule has 1 aliphatic heterocycles. The molecule has 2 aliphatic rings. The summed E-state index contributed by atoms with van der Waals surface area (Å²) in [5.41, 5.74) is 1.65. The van der Waals surface area contributed by atoms with Gasteiger partial charge in [-0.25, -0.2) is 4.98 Å². The predicted octanol–water partition coefficient (Wildman–Crippen LogP) is 2.16. The topological polar surface area (TPSA) is 49.9 Å². The van der Waals surface area contributed by atoms with Gasteiger partial charge in [0.15, 0.2) is 0 Å². The molecule has 2 heterocycles. The van der Waals surface area contributed by atoms with Crippen LogP contribution in [-0.2, 0) is 22.5 Å². The molecule has 0 spiro atoms. The molecule has 1 fully saturated rings. The molecule has 0 radical (unpaired) electrons. The number of aromatic nitrogens is 2. The quantitative estimate of drug-likeness (QED) is 0.844. The molecule has 4 nitrogen and oxygen atoms in total. The maximum Gasteiger partial charge on any atom is 0.120 e. The number of rotatable bonds is 3. The van der Waals surface area contributed by atoms with Crippen LogP contribution in [0.15, 0.2) is 0 Å². The van der Waals surface area contributed by atoms with Crippen molar-refractivity contribution in [1.29, 1.82) is 0 Å². The second-order valence-corrected chi connectivity index (χ2v) is 6.18. The van der Waals surface area contributed by atoms with Crippen LogP contribution >= 0.6 is 0 Å². The lowest BCUT2D eigenvalue weighted by molar-refractivity contribution is -0.108. The smallest absolute Gasteiger partial charge is 0.120 e. The average molecular weight is 235 g/mol. The Labute approximate surface area is 102 Å². The number of aromatic amines is 1. The molecule has 1 aliphatic carbocycles. The highest BCUT2D eigenvalue weighted by Gasteiger charge is 2.46. The van der Waals surface area contributed by atoms with E-state index in [9.17, 15) is 0 Å². The van der Waals surface area contributed by atoms with Gasteiger partial charge in [-0.2, -0.15) is 0 Å². The van der Waals surface area contributed by atoms with E-state index in [2.05, 4.69) is 38.0 Å². The summed E-state index contributed by atoms with van der Waals surface area (Å²) in [6, 6.07) is 0.715. The van der Waals surface area contributed by atoms with Gasteiger partial charge in [0.05, 0.1) is 17.9 Å². The lowest BCUT2D eigenvalue weighted by atomic mass is 10.0. The molecule has 0 amide bonds. The summed E-state index contributed by atoms with van der Waals surface area (Å²) in [7, 11) is 0. The molecule has 0 aromatic carbocycles.